The van der Waals surface area contributed by atoms with Gasteiger partial charge in [0.1, 0.15) is 18.5 Å². The van der Waals surface area contributed by atoms with E-state index in [1.807, 2.05) is 0 Å². The first kappa shape index (κ1) is 23.6. The highest BCUT2D eigenvalue weighted by atomic mass is 16.7. The lowest BCUT2D eigenvalue weighted by Gasteiger charge is -2.35. The van der Waals surface area contributed by atoms with Crippen molar-refractivity contribution in [2.75, 3.05) is 11.9 Å². The fourth-order valence-electron chi connectivity index (χ4n) is 2.68. The molecular formula is C17H22BN3O9. The lowest BCUT2D eigenvalue weighted by atomic mass is 10.0. The molecule has 7 N–H and O–H groups in total. The number of carboxylic acid groups (broad SMARTS) is 1. The number of rotatable bonds is 9. The van der Waals surface area contributed by atoms with Crippen molar-refractivity contribution in [1.29, 1.82) is 0 Å². The van der Waals surface area contributed by atoms with Crippen molar-refractivity contribution in [3.63, 3.8) is 0 Å². The first-order valence-corrected chi connectivity index (χ1v) is 8.90. The summed E-state index contributed by atoms with van der Waals surface area (Å²) in [6, 6.07) is 4.43. The smallest absolute Gasteiger partial charge is 0.335 e. The standard InChI is InChI=1S/C17H22BN3O9/c18-17(27)28-7-8-1-2-11(9(5-8)21-12(23)3-4-20-19)29-13-6-10(22)14(24)15(30-13)16(25)26/h1-2,5,10,13-15,20,22,24H,3-4,6-7,19H2,(H,21,23)(H,25,26). The van der Waals surface area contributed by atoms with Crippen molar-refractivity contribution in [2.45, 2.75) is 44.1 Å². The van der Waals surface area contributed by atoms with Gasteiger partial charge in [0.05, 0.1) is 11.8 Å². The van der Waals surface area contributed by atoms with Crippen LogP contribution in [0.1, 0.15) is 18.4 Å². The lowest BCUT2D eigenvalue weighted by molar-refractivity contribution is -0.228. The van der Waals surface area contributed by atoms with Crippen LogP contribution in [0.5, 0.6) is 5.75 Å². The number of carboxylic acids is 1. The number of hydrogen-bond donors (Lipinski definition) is 6. The summed E-state index contributed by atoms with van der Waals surface area (Å²) in [5.74, 6) is 2.41. The van der Waals surface area contributed by atoms with Gasteiger partial charge in [-0.2, -0.15) is 0 Å². The van der Waals surface area contributed by atoms with E-state index in [1.165, 1.54) is 18.2 Å². The fourth-order valence-corrected chi connectivity index (χ4v) is 2.68. The van der Waals surface area contributed by atoms with Crippen LogP contribution in [0.3, 0.4) is 0 Å². The molecule has 2 rings (SSSR count). The van der Waals surface area contributed by atoms with Gasteiger partial charge in [0, 0.05) is 19.4 Å². The zero-order chi connectivity index (χ0) is 22.3. The Bertz CT molecular complexity index is 779. The molecule has 12 nitrogen and oxygen atoms in total. The second kappa shape index (κ2) is 10.9. The predicted octanol–water partition coefficient (Wildman–Crippen LogP) is -1.42. The zero-order valence-electron chi connectivity index (χ0n) is 15.8. The highest BCUT2D eigenvalue weighted by Gasteiger charge is 2.42. The summed E-state index contributed by atoms with van der Waals surface area (Å²) in [6.07, 6.45) is -6.05. The number of aliphatic hydroxyl groups excluding tert-OH is 2. The van der Waals surface area contributed by atoms with Crippen LogP contribution in [0.15, 0.2) is 18.2 Å². The van der Waals surface area contributed by atoms with E-state index in [-0.39, 0.29) is 37.4 Å². The summed E-state index contributed by atoms with van der Waals surface area (Å²) in [5.41, 5.74) is 3.01. The Morgan fingerprint density at radius 1 is 1.30 bits per heavy atom. The number of nitrogens with two attached hydrogens (primary N) is 1. The molecule has 1 aromatic rings. The summed E-state index contributed by atoms with van der Waals surface area (Å²) in [6.45, 7) is 0.0529. The molecule has 0 aromatic heterocycles. The molecule has 1 amide bonds. The maximum absolute atomic E-state index is 12.1. The molecule has 0 bridgehead atoms. The van der Waals surface area contributed by atoms with Crippen LogP contribution in [0.25, 0.3) is 0 Å². The Hall–Kier alpha value is -2.71. The average molecular weight is 423 g/mol. The molecule has 1 fully saturated rings. The molecule has 13 heteroatoms. The van der Waals surface area contributed by atoms with Crippen molar-refractivity contribution in [3.05, 3.63) is 23.8 Å². The van der Waals surface area contributed by atoms with Crippen LogP contribution in [-0.2, 0) is 25.7 Å². The van der Waals surface area contributed by atoms with Crippen molar-refractivity contribution in [3.8, 4) is 5.75 Å². The van der Waals surface area contributed by atoms with Crippen molar-refractivity contribution >= 4 is 31.3 Å². The van der Waals surface area contributed by atoms with Gasteiger partial charge in [0.25, 0.3) is 0 Å². The summed E-state index contributed by atoms with van der Waals surface area (Å²) >= 11 is 0. The minimum Gasteiger partial charge on any atom is -0.479 e. The van der Waals surface area contributed by atoms with Crippen LogP contribution in [0, 0.1) is 0 Å². The van der Waals surface area contributed by atoms with Crippen LogP contribution in [0.2, 0.25) is 0 Å². The van der Waals surface area contributed by atoms with Gasteiger partial charge >= 0.3 is 5.97 Å². The number of benzene rings is 1. The van der Waals surface area contributed by atoms with Gasteiger partial charge in [0.2, 0.25) is 25.9 Å². The highest BCUT2D eigenvalue weighted by molar-refractivity contribution is 6.55. The molecule has 1 heterocycles. The number of nitrogens with one attached hydrogen (secondary N) is 2. The first-order valence-electron chi connectivity index (χ1n) is 8.90. The largest absolute Gasteiger partial charge is 0.479 e. The molecule has 162 valence electrons. The number of anilines is 1. The maximum atomic E-state index is 12.1. The number of ether oxygens (including phenoxy) is 3. The minimum absolute atomic E-state index is 0.0455. The third-order valence-corrected chi connectivity index (χ3v) is 4.13. The molecule has 0 spiro atoms. The van der Waals surface area contributed by atoms with Crippen LogP contribution >= 0.6 is 0 Å². The number of carbonyl (C=O) groups is 3. The molecule has 4 unspecified atom stereocenters. The Kier molecular flexibility index (Phi) is 8.56. The van der Waals surface area contributed by atoms with E-state index in [0.29, 0.717) is 5.56 Å². The van der Waals surface area contributed by atoms with E-state index in [9.17, 15) is 24.6 Å². The molecule has 4 atom stereocenters. The van der Waals surface area contributed by atoms with Gasteiger partial charge < -0.3 is 34.8 Å². The zero-order valence-corrected chi connectivity index (χ0v) is 15.8. The molecule has 1 aliphatic heterocycles. The Balaban J connectivity index is 2.20. The quantitative estimate of drug-likeness (QED) is 0.155. The third-order valence-electron chi connectivity index (χ3n) is 4.13. The highest BCUT2D eigenvalue weighted by Crippen LogP contribution is 2.31. The van der Waals surface area contributed by atoms with Gasteiger partial charge in [0.15, 0.2) is 6.10 Å². The third kappa shape index (κ3) is 6.67. The number of aliphatic hydroxyl groups is 2. The van der Waals surface area contributed by atoms with Gasteiger partial charge in [-0.15, -0.1) is 0 Å². The Morgan fingerprint density at radius 3 is 2.67 bits per heavy atom. The number of hydrogen-bond acceptors (Lipinski definition) is 10. The van der Waals surface area contributed by atoms with Crippen molar-refractivity contribution in [2.24, 2.45) is 5.84 Å². The topological polar surface area (TPSA) is 190 Å². The van der Waals surface area contributed by atoms with Crippen molar-refractivity contribution < 1.29 is 43.9 Å². The van der Waals surface area contributed by atoms with E-state index in [4.69, 9.17) is 33.0 Å². The summed E-state index contributed by atoms with van der Waals surface area (Å²) in [7, 11) is 4.95. The van der Waals surface area contributed by atoms with Crippen LogP contribution in [-0.4, -0.2) is 72.1 Å². The molecule has 1 aromatic carbocycles. The van der Waals surface area contributed by atoms with Crippen LogP contribution < -0.4 is 21.3 Å². The monoisotopic (exact) mass is 423 g/mol. The Labute approximate surface area is 172 Å². The molecule has 1 saturated heterocycles. The summed E-state index contributed by atoms with van der Waals surface area (Å²) < 4.78 is 15.6. The molecule has 1 aliphatic rings. The fraction of sp³-hybridized carbons (Fsp3) is 0.471. The summed E-state index contributed by atoms with van der Waals surface area (Å²) in [4.78, 5) is 34.1. The van der Waals surface area contributed by atoms with E-state index in [0.717, 1.165) is 0 Å². The molecule has 0 saturated carbocycles. The first-order chi connectivity index (χ1) is 14.2. The average Bonchev–Trinajstić information content (AvgIpc) is 2.68. The van der Waals surface area contributed by atoms with E-state index < -0.39 is 42.3 Å². The maximum Gasteiger partial charge on any atom is 0.335 e. The van der Waals surface area contributed by atoms with E-state index >= 15 is 0 Å². The summed E-state index contributed by atoms with van der Waals surface area (Å²) in [5, 5.41) is 31.4. The SMILES string of the molecule is [B]C(=O)OCc1ccc(OC2CC(O)C(O)C(C(=O)O)O2)c(NC(=O)CCNN)c1. The van der Waals surface area contributed by atoms with Crippen LogP contribution in [0.4, 0.5) is 10.5 Å². The van der Waals surface area contributed by atoms with Gasteiger partial charge in [-0.25, -0.2) is 4.79 Å². The molecular weight excluding hydrogens is 401 g/mol. The van der Waals surface area contributed by atoms with Crippen molar-refractivity contribution in [1.82, 2.24) is 5.43 Å². The second-order valence-electron chi connectivity index (χ2n) is 6.43. The van der Waals surface area contributed by atoms with E-state index in [2.05, 4.69) is 10.7 Å². The molecule has 30 heavy (non-hydrogen) atoms. The number of amides is 1. The number of hydrazine groups is 1. The normalized spacial score (nSPS) is 23.4. The van der Waals surface area contributed by atoms with Gasteiger partial charge in [-0.1, -0.05) is 6.07 Å². The predicted molar refractivity (Wildman–Crippen MR) is 101 cm³/mol. The minimum atomic E-state index is -1.68. The Morgan fingerprint density at radius 2 is 2.03 bits per heavy atom. The number of carbonyl (C=O) groups excluding carboxylic acids is 2. The number of aliphatic carboxylic acids is 1. The van der Waals surface area contributed by atoms with E-state index in [1.54, 1.807) is 0 Å². The van der Waals surface area contributed by atoms with Gasteiger partial charge in [-0.3, -0.25) is 20.9 Å². The van der Waals surface area contributed by atoms with Gasteiger partial charge in [-0.05, 0) is 17.7 Å². The molecule has 0 aliphatic carbocycles. The lowest BCUT2D eigenvalue weighted by Crippen LogP contribution is -2.53. The second-order valence-corrected chi connectivity index (χ2v) is 6.43. The molecule has 2 radical (unpaired) electrons.